The molecule has 3 aromatic carbocycles. The zero-order chi connectivity index (χ0) is 35.6. The number of thioether (sulfide) groups is 1. The predicted molar refractivity (Wildman–Crippen MR) is 185 cm³/mol. The lowest BCUT2D eigenvalue weighted by Gasteiger charge is -2.36. The highest BCUT2D eigenvalue weighted by Gasteiger charge is 2.31. The van der Waals surface area contributed by atoms with E-state index in [1.165, 1.54) is 30.3 Å². The Morgan fingerprint density at radius 2 is 1.68 bits per heavy atom. The summed E-state index contributed by atoms with van der Waals surface area (Å²) in [6.45, 7) is 4.88. The standard InChI is InChI=1S/C32H32ClF4N9O2S2/c1-20-15-27(50(47,48)43-30-39-9-10-46(30)18-21-5-7-22(8-6-21)32(35,36)37)26(17-25(20)33)49-19-28-40-29(38)42-31(41-28)45-13-11-44(12-14-45)24-4-2-3-23(34)16-24/h2-8,15-17H,9-14,18-19H2,1H3,(H,39,43)(H2,38,40,41,42). The second kappa shape index (κ2) is 14.5. The number of aryl methyl sites for hydroxylation is 1. The molecule has 11 nitrogen and oxygen atoms in total. The molecule has 0 radical (unpaired) electrons. The normalized spacial score (nSPS) is 15.4. The maximum Gasteiger partial charge on any atom is 0.416 e. The van der Waals surface area contributed by atoms with E-state index < -0.39 is 21.8 Å². The average Bonchev–Trinajstić information content (AvgIpc) is 3.50. The minimum atomic E-state index is -4.46. The fourth-order valence-corrected chi connectivity index (χ4v) is 8.25. The second-order valence-corrected chi connectivity index (χ2v) is 14.7. The van der Waals surface area contributed by atoms with E-state index in [2.05, 4.69) is 29.6 Å². The number of hydrogen-bond donors (Lipinski definition) is 2. The first-order chi connectivity index (χ1) is 23.7. The van der Waals surface area contributed by atoms with Crippen LogP contribution >= 0.6 is 23.4 Å². The Hall–Kier alpha value is -4.35. The predicted octanol–water partition coefficient (Wildman–Crippen LogP) is 5.34. The molecule has 0 amide bonds. The highest BCUT2D eigenvalue weighted by molar-refractivity contribution is 7.99. The Balaban J connectivity index is 1.14. The SMILES string of the molecule is Cc1cc(S(=O)(=O)NC2=NCCN2Cc2ccc(C(F)(F)F)cc2)c(SCc2nc(N)nc(N3CCN(c4cccc(F)c4)CC3)n2)cc1Cl. The van der Waals surface area contributed by atoms with Crippen LogP contribution in [0.25, 0.3) is 0 Å². The van der Waals surface area contributed by atoms with Gasteiger partial charge in [-0.05, 0) is 60.5 Å². The third kappa shape index (κ3) is 8.33. The van der Waals surface area contributed by atoms with Crippen molar-refractivity contribution in [2.24, 2.45) is 4.99 Å². The van der Waals surface area contributed by atoms with E-state index in [0.29, 0.717) is 72.1 Å². The third-order valence-electron chi connectivity index (χ3n) is 8.11. The van der Waals surface area contributed by atoms with Gasteiger partial charge in [-0.15, -0.1) is 11.8 Å². The van der Waals surface area contributed by atoms with E-state index in [1.54, 1.807) is 24.0 Å². The van der Waals surface area contributed by atoms with Gasteiger partial charge in [0.15, 0.2) is 0 Å². The summed E-state index contributed by atoms with van der Waals surface area (Å²) < 4.78 is 82.9. The molecule has 1 fully saturated rings. The molecule has 264 valence electrons. The summed E-state index contributed by atoms with van der Waals surface area (Å²) >= 11 is 7.59. The summed E-state index contributed by atoms with van der Waals surface area (Å²) in [5.74, 6) is 0.663. The number of sulfonamides is 1. The van der Waals surface area contributed by atoms with E-state index in [1.807, 2.05) is 11.0 Å². The highest BCUT2D eigenvalue weighted by Crippen LogP contribution is 2.34. The summed E-state index contributed by atoms with van der Waals surface area (Å²) in [6, 6.07) is 14.2. The van der Waals surface area contributed by atoms with Gasteiger partial charge in [-0.2, -0.15) is 28.1 Å². The Morgan fingerprint density at radius 3 is 2.38 bits per heavy atom. The van der Waals surface area contributed by atoms with Crippen LogP contribution in [0.4, 0.5) is 35.1 Å². The molecule has 6 rings (SSSR count). The number of halogens is 5. The molecule has 50 heavy (non-hydrogen) atoms. The number of aliphatic imine (C=N–C) groups is 1. The Labute approximate surface area is 295 Å². The number of alkyl halides is 3. The van der Waals surface area contributed by atoms with Crippen molar-refractivity contribution in [3.05, 3.63) is 94.0 Å². The number of piperazine rings is 1. The fraction of sp³-hybridized carbons (Fsp3) is 0.312. The van der Waals surface area contributed by atoms with E-state index >= 15 is 0 Å². The molecule has 2 aliphatic rings. The molecule has 3 heterocycles. The molecule has 0 unspecified atom stereocenters. The molecular weight excluding hydrogens is 718 g/mol. The van der Waals surface area contributed by atoms with Crippen molar-refractivity contribution in [1.82, 2.24) is 24.6 Å². The number of aromatic nitrogens is 3. The van der Waals surface area contributed by atoms with Crippen molar-refractivity contribution in [3.8, 4) is 0 Å². The largest absolute Gasteiger partial charge is 0.416 e. The van der Waals surface area contributed by atoms with Crippen molar-refractivity contribution in [1.29, 1.82) is 0 Å². The maximum absolute atomic E-state index is 13.8. The van der Waals surface area contributed by atoms with Crippen LogP contribution in [0.2, 0.25) is 5.02 Å². The zero-order valence-corrected chi connectivity index (χ0v) is 29.0. The number of benzene rings is 3. The van der Waals surface area contributed by atoms with Crippen LogP contribution in [0.5, 0.6) is 0 Å². The summed E-state index contributed by atoms with van der Waals surface area (Å²) in [5.41, 5.74) is 7.18. The molecule has 3 N–H and O–H groups in total. The van der Waals surface area contributed by atoms with E-state index in [4.69, 9.17) is 17.3 Å². The molecule has 0 aliphatic carbocycles. The van der Waals surface area contributed by atoms with Crippen LogP contribution in [0.1, 0.15) is 22.5 Å². The molecule has 0 spiro atoms. The molecule has 1 aromatic heterocycles. The number of nitrogen functional groups attached to an aromatic ring is 1. The summed E-state index contributed by atoms with van der Waals surface area (Å²) in [5, 5.41) is 0.362. The van der Waals surface area contributed by atoms with Crippen LogP contribution in [0.15, 0.2) is 75.4 Å². The number of nitrogens with zero attached hydrogens (tertiary/aromatic N) is 7. The molecule has 0 bridgehead atoms. The van der Waals surface area contributed by atoms with Gasteiger partial charge in [0.05, 0.1) is 17.9 Å². The first-order valence-corrected chi connectivity index (χ1v) is 18.3. The average molecular weight is 750 g/mol. The summed E-state index contributed by atoms with van der Waals surface area (Å²) in [7, 11) is -4.20. The van der Waals surface area contributed by atoms with Gasteiger partial charge in [0.1, 0.15) is 16.5 Å². The summed E-state index contributed by atoms with van der Waals surface area (Å²) in [6.07, 6.45) is -4.46. The molecule has 4 aromatic rings. The van der Waals surface area contributed by atoms with Gasteiger partial charge in [-0.1, -0.05) is 29.8 Å². The number of guanidine groups is 1. The first kappa shape index (κ1) is 35.5. The summed E-state index contributed by atoms with van der Waals surface area (Å²) in [4.78, 5) is 23.5. The highest BCUT2D eigenvalue weighted by atomic mass is 35.5. The molecule has 0 saturated carbocycles. The van der Waals surface area contributed by atoms with Crippen molar-refractivity contribution in [2.75, 3.05) is 54.8 Å². The van der Waals surface area contributed by atoms with Gasteiger partial charge in [0, 0.05) is 54.9 Å². The van der Waals surface area contributed by atoms with Gasteiger partial charge in [0.25, 0.3) is 10.0 Å². The molecule has 0 atom stereocenters. The number of anilines is 3. The Bertz CT molecular complexity index is 2010. The number of rotatable bonds is 9. The van der Waals surface area contributed by atoms with Crippen molar-refractivity contribution in [2.45, 2.75) is 35.2 Å². The van der Waals surface area contributed by atoms with Crippen LogP contribution < -0.4 is 20.3 Å². The smallest absolute Gasteiger partial charge is 0.368 e. The lowest BCUT2D eigenvalue weighted by Crippen LogP contribution is -2.47. The molecule has 18 heteroatoms. The quantitative estimate of drug-likeness (QED) is 0.171. The van der Waals surface area contributed by atoms with Crippen molar-refractivity contribution >= 4 is 56.9 Å². The van der Waals surface area contributed by atoms with Gasteiger partial charge in [0.2, 0.25) is 17.9 Å². The minimum absolute atomic E-state index is 0.0157. The van der Waals surface area contributed by atoms with Gasteiger partial charge in [-0.3, -0.25) is 4.99 Å². The van der Waals surface area contributed by atoms with E-state index in [9.17, 15) is 26.0 Å². The fourth-order valence-electron chi connectivity index (χ4n) is 5.50. The maximum atomic E-state index is 13.8. The van der Waals surface area contributed by atoms with Crippen molar-refractivity contribution < 1.29 is 26.0 Å². The molecule has 1 saturated heterocycles. The molecular formula is C32H32ClF4N9O2S2. The van der Waals surface area contributed by atoms with Gasteiger partial charge in [-0.25, -0.2) is 17.5 Å². The number of nitrogens with two attached hydrogens (primary N) is 1. The zero-order valence-electron chi connectivity index (χ0n) is 26.7. The molecule has 2 aliphatic heterocycles. The number of nitrogens with one attached hydrogen (secondary N) is 1. The van der Waals surface area contributed by atoms with Gasteiger partial charge >= 0.3 is 6.18 Å². The third-order valence-corrected chi connectivity index (χ3v) is 11.1. The van der Waals surface area contributed by atoms with Gasteiger partial charge < -0.3 is 20.4 Å². The Morgan fingerprint density at radius 1 is 0.960 bits per heavy atom. The van der Waals surface area contributed by atoms with E-state index in [-0.39, 0.29) is 34.9 Å². The first-order valence-electron chi connectivity index (χ1n) is 15.4. The minimum Gasteiger partial charge on any atom is -0.368 e. The van der Waals surface area contributed by atoms with Crippen LogP contribution in [0, 0.1) is 12.7 Å². The van der Waals surface area contributed by atoms with E-state index in [0.717, 1.165) is 29.6 Å². The monoisotopic (exact) mass is 749 g/mol. The number of hydrogen-bond acceptors (Lipinski definition) is 11. The lowest BCUT2D eigenvalue weighted by molar-refractivity contribution is -0.137. The van der Waals surface area contributed by atoms with Crippen LogP contribution in [-0.2, 0) is 28.5 Å². The van der Waals surface area contributed by atoms with Crippen molar-refractivity contribution in [3.63, 3.8) is 0 Å². The Kier molecular flexibility index (Phi) is 10.3. The van der Waals surface area contributed by atoms with Crippen LogP contribution in [0.3, 0.4) is 0 Å². The lowest BCUT2D eigenvalue weighted by atomic mass is 10.1. The topological polar surface area (TPSA) is 133 Å². The van der Waals surface area contributed by atoms with Crippen LogP contribution in [-0.4, -0.2) is 73.5 Å². The second-order valence-electron chi connectivity index (χ2n) is 11.6.